The number of hydrogen-bond donors (Lipinski definition) is 12. The Morgan fingerprint density at radius 3 is 2.04 bits per heavy atom. The molecule has 5 aliphatic heterocycles. The number of likely N-dealkylation sites (N-methyl/N-ethyl adjacent to an activating group) is 1. The minimum atomic E-state index is 0.149. The first-order valence-corrected chi connectivity index (χ1v) is 22.2. The number of rotatable bonds is 1. The molecule has 52 heavy (non-hydrogen) atoms. The van der Waals surface area contributed by atoms with Crippen LogP contribution in [-0.4, -0.2) is 127 Å². The molecule has 15 fully saturated rings. The highest BCUT2D eigenvalue weighted by Crippen LogP contribution is 2.64. The van der Waals surface area contributed by atoms with Crippen LogP contribution in [0.15, 0.2) is 0 Å². The molecule has 5 heterocycles. The van der Waals surface area contributed by atoms with Crippen molar-refractivity contribution in [1.29, 1.82) is 0 Å². The van der Waals surface area contributed by atoms with Crippen molar-refractivity contribution >= 4 is 0 Å². The van der Waals surface area contributed by atoms with Gasteiger partial charge in [0.25, 0.3) is 0 Å². The molecular weight excluding hydrogens is 649 g/mol. The van der Waals surface area contributed by atoms with E-state index in [4.69, 9.17) is 17.2 Å². The minimum Gasteiger partial charge on any atom is -0.327 e. The van der Waals surface area contributed by atoms with Gasteiger partial charge in [0.15, 0.2) is 0 Å². The summed E-state index contributed by atoms with van der Waals surface area (Å²) in [5, 5.41) is 38.1. The predicted molar refractivity (Wildman–Crippen MR) is 201 cm³/mol. The van der Waals surface area contributed by atoms with Crippen LogP contribution in [0, 0.1) is 53.3 Å². The van der Waals surface area contributed by atoms with Crippen LogP contribution in [0.2, 0.25) is 0 Å². The summed E-state index contributed by atoms with van der Waals surface area (Å²) in [5.74, 6) is 5.10. The van der Waals surface area contributed by atoms with E-state index in [1.807, 2.05) is 0 Å². The van der Waals surface area contributed by atoms with E-state index in [0.29, 0.717) is 138 Å². The van der Waals surface area contributed by atoms with Crippen LogP contribution >= 0.6 is 0 Å². The molecule has 29 unspecified atom stereocenters. The molecule has 0 radical (unpaired) electrons. The smallest absolute Gasteiger partial charge is 0.0538 e. The average Bonchev–Trinajstić information content (AvgIpc) is 3.93. The number of fused-ring (bicyclic) bond motifs is 14. The van der Waals surface area contributed by atoms with Gasteiger partial charge in [0.2, 0.25) is 0 Å². The Balaban J connectivity index is 0.911. The van der Waals surface area contributed by atoms with Crippen LogP contribution in [0.5, 0.6) is 0 Å². The van der Waals surface area contributed by atoms with Gasteiger partial charge in [-0.1, -0.05) is 13.8 Å². The second-order valence-corrected chi connectivity index (χ2v) is 21.6. The molecular formula is C40H68N12. The van der Waals surface area contributed by atoms with E-state index < -0.39 is 0 Å². The van der Waals surface area contributed by atoms with Gasteiger partial charge >= 0.3 is 0 Å². The molecule has 0 aromatic heterocycles. The maximum atomic E-state index is 7.23. The van der Waals surface area contributed by atoms with Crippen LogP contribution < -0.4 is 65.1 Å². The Kier molecular flexibility index (Phi) is 6.59. The van der Waals surface area contributed by atoms with Gasteiger partial charge in [-0.2, -0.15) is 0 Å². The summed E-state index contributed by atoms with van der Waals surface area (Å²) < 4.78 is 0. The molecule has 15 N–H and O–H groups in total. The largest absolute Gasteiger partial charge is 0.327 e. The minimum absolute atomic E-state index is 0.149. The van der Waals surface area contributed by atoms with Crippen molar-refractivity contribution in [2.24, 2.45) is 70.5 Å². The lowest BCUT2D eigenvalue weighted by atomic mass is 9.43. The Hall–Kier alpha value is -0.480. The third kappa shape index (κ3) is 4.01. The van der Waals surface area contributed by atoms with Gasteiger partial charge in [0.1, 0.15) is 0 Å². The fourth-order valence-electron chi connectivity index (χ4n) is 17.2. The fraction of sp³-hybridized carbons (Fsp3) is 1.00. The SMILES string of the molecule is CNC1CC(N)C(C)C2CC1NC1CC(NC(C)C3CC(NC4CC(N2)C2C(N)C5C4C(N)C25)C2C4NC4CC4(NC34)C2C)C2NC2C2CC3NC132. The highest BCUT2D eigenvalue weighted by atomic mass is 15.4. The number of hydrogen-bond acceptors (Lipinski definition) is 12. The zero-order valence-corrected chi connectivity index (χ0v) is 31.8. The van der Waals surface area contributed by atoms with Crippen molar-refractivity contribution in [1.82, 2.24) is 47.9 Å². The maximum Gasteiger partial charge on any atom is 0.0538 e. The van der Waals surface area contributed by atoms with Crippen molar-refractivity contribution < 1.29 is 0 Å². The van der Waals surface area contributed by atoms with Crippen molar-refractivity contribution in [3.8, 4) is 0 Å². The zero-order valence-electron chi connectivity index (χ0n) is 31.8. The Labute approximate surface area is 310 Å². The third-order valence-electron chi connectivity index (χ3n) is 20.2. The second-order valence-electron chi connectivity index (χ2n) is 21.6. The van der Waals surface area contributed by atoms with Gasteiger partial charge in [-0.05, 0) is 112 Å². The quantitative estimate of drug-likeness (QED) is 0.126. The monoisotopic (exact) mass is 717 g/mol. The van der Waals surface area contributed by atoms with Crippen LogP contribution in [0.1, 0.15) is 65.7 Å². The van der Waals surface area contributed by atoms with E-state index in [0.717, 1.165) is 25.2 Å². The number of nitrogens with two attached hydrogens (primary N) is 3. The highest BCUT2D eigenvalue weighted by molar-refractivity contribution is 5.39. The molecule has 29 atom stereocenters. The highest BCUT2D eigenvalue weighted by Gasteiger charge is 2.78. The van der Waals surface area contributed by atoms with E-state index in [9.17, 15) is 0 Å². The van der Waals surface area contributed by atoms with Gasteiger partial charge in [-0.3, -0.25) is 0 Å². The molecule has 2 spiro atoms. The summed E-state index contributed by atoms with van der Waals surface area (Å²) in [5.41, 5.74) is 22.1. The van der Waals surface area contributed by atoms with Gasteiger partial charge in [0.05, 0.1) is 5.54 Å². The first kappa shape index (κ1) is 32.6. The van der Waals surface area contributed by atoms with E-state index in [1.54, 1.807) is 0 Å². The maximum absolute atomic E-state index is 7.23. The first-order valence-electron chi connectivity index (χ1n) is 22.2. The summed E-state index contributed by atoms with van der Waals surface area (Å²) in [6.45, 7) is 7.58. The van der Waals surface area contributed by atoms with Gasteiger partial charge in [-0.15, -0.1) is 0 Å². The lowest BCUT2D eigenvalue weighted by Crippen LogP contribution is -2.78. The van der Waals surface area contributed by atoms with Crippen LogP contribution in [0.4, 0.5) is 0 Å². The van der Waals surface area contributed by atoms with E-state index in [-0.39, 0.29) is 29.2 Å². The van der Waals surface area contributed by atoms with E-state index in [2.05, 4.69) is 75.7 Å². The normalized spacial score (nSPS) is 71.0. The van der Waals surface area contributed by atoms with Gasteiger partial charge < -0.3 is 65.1 Å². The third-order valence-corrected chi connectivity index (χ3v) is 20.2. The standard InChI is InChI=1S/C40H68N12/c1-12-17(41)7-19(44-4)20-8-18(12)46-22-9-23(30-32-31(34(30)43)29(22)33(32)42)47-21-5-15(38-39(52-38)11-25-36(49-25)28(21)13(39)2)14(3)45-24-10-26(48-20)40-16(6-27(40)51-40)35-37(24)50-35/h12-38,44-52H,5-11,41-43H2,1-4H3. The first-order chi connectivity index (χ1) is 25.1. The van der Waals surface area contributed by atoms with E-state index >= 15 is 0 Å². The Bertz CT molecular complexity index is 1520. The Morgan fingerprint density at radius 2 is 1.31 bits per heavy atom. The lowest BCUT2D eigenvalue weighted by molar-refractivity contribution is -0.130. The van der Waals surface area contributed by atoms with E-state index in [1.165, 1.54) is 25.7 Å². The molecule has 288 valence electrons. The van der Waals surface area contributed by atoms with Crippen molar-refractivity contribution in [2.75, 3.05) is 7.05 Å². The lowest BCUT2D eigenvalue weighted by Gasteiger charge is -2.66. The molecule has 15 rings (SSSR count). The summed E-state index contributed by atoms with van der Waals surface area (Å²) >= 11 is 0. The molecule has 0 amide bonds. The molecule has 10 saturated carbocycles. The summed E-state index contributed by atoms with van der Waals surface area (Å²) in [7, 11) is 2.17. The summed E-state index contributed by atoms with van der Waals surface area (Å²) in [6, 6.07) is 8.19. The van der Waals surface area contributed by atoms with Crippen molar-refractivity contribution in [3.05, 3.63) is 0 Å². The molecule has 0 aromatic carbocycles. The Morgan fingerprint density at radius 1 is 0.577 bits per heavy atom. The van der Waals surface area contributed by atoms with Crippen LogP contribution in [-0.2, 0) is 0 Å². The van der Waals surface area contributed by atoms with Crippen LogP contribution in [0.25, 0.3) is 0 Å². The molecule has 14 bridgehead atoms. The van der Waals surface area contributed by atoms with Crippen molar-refractivity contribution in [2.45, 2.75) is 186 Å². The van der Waals surface area contributed by atoms with Crippen LogP contribution in [0.3, 0.4) is 0 Å². The molecule has 15 aliphatic rings. The van der Waals surface area contributed by atoms with Gasteiger partial charge in [0, 0.05) is 114 Å². The summed E-state index contributed by atoms with van der Waals surface area (Å²) in [4.78, 5) is 0. The topological polar surface area (TPSA) is 226 Å². The van der Waals surface area contributed by atoms with Gasteiger partial charge in [-0.25, -0.2) is 0 Å². The average molecular weight is 717 g/mol. The number of nitrogens with one attached hydrogen (secondary N) is 9. The summed E-state index contributed by atoms with van der Waals surface area (Å²) in [6.07, 6.45) is 8.28. The van der Waals surface area contributed by atoms with Crippen molar-refractivity contribution in [3.63, 3.8) is 0 Å². The molecule has 10 aliphatic carbocycles. The second kappa shape index (κ2) is 10.5. The molecule has 12 nitrogen and oxygen atoms in total. The molecule has 12 heteroatoms. The zero-order chi connectivity index (χ0) is 34.9. The molecule has 0 aromatic rings. The molecule has 5 saturated heterocycles. The predicted octanol–water partition coefficient (Wildman–Crippen LogP) is -2.58. The fourth-order valence-corrected chi connectivity index (χ4v) is 17.2.